The lowest BCUT2D eigenvalue weighted by Gasteiger charge is -2.21. The van der Waals surface area contributed by atoms with Crippen LogP contribution in [0.3, 0.4) is 0 Å². The van der Waals surface area contributed by atoms with E-state index in [0.717, 1.165) is 47.8 Å². The summed E-state index contributed by atoms with van der Waals surface area (Å²) in [6.07, 6.45) is 8.34. The Hall–Kier alpha value is -3.95. The molecular weight excluding hydrogens is 474 g/mol. The van der Waals surface area contributed by atoms with Crippen LogP contribution in [0.25, 0.3) is 22.3 Å². The number of hydrogen-bond donors (Lipinski definition) is 2. The van der Waals surface area contributed by atoms with Gasteiger partial charge >= 0.3 is 5.97 Å². The molecule has 0 fully saturated rings. The summed E-state index contributed by atoms with van der Waals surface area (Å²) in [5, 5.41) is 14.9. The average Bonchev–Trinajstić information content (AvgIpc) is 3.52. The van der Waals surface area contributed by atoms with Gasteiger partial charge in [0.2, 0.25) is 6.79 Å². The van der Waals surface area contributed by atoms with Crippen LogP contribution in [-0.4, -0.2) is 34.0 Å². The molecule has 3 aromatic rings. The summed E-state index contributed by atoms with van der Waals surface area (Å²) in [6, 6.07) is 5.53. The Bertz CT molecular complexity index is 1600. The topological polar surface area (TPSA) is 112 Å². The van der Waals surface area contributed by atoms with E-state index in [4.69, 9.17) is 19.2 Å². The van der Waals surface area contributed by atoms with Crippen LogP contribution >= 0.6 is 0 Å². The number of carbonyl (C=O) groups excluding carboxylic acids is 1. The lowest BCUT2D eigenvalue weighted by molar-refractivity contribution is -0.157. The Kier molecular flexibility index (Phi) is 5.16. The maximum Gasteiger partial charge on any atom is 0.340 e. The van der Waals surface area contributed by atoms with Crippen LogP contribution in [0.2, 0.25) is 0 Å². The summed E-state index contributed by atoms with van der Waals surface area (Å²) < 4.78 is 17.9. The molecule has 4 aliphatic rings. The molecule has 0 amide bonds. The van der Waals surface area contributed by atoms with Crippen molar-refractivity contribution in [3.63, 3.8) is 0 Å². The molecule has 0 bridgehead atoms. The fraction of sp³-hybridized carbons (Fsp3) is 0.321. The van der Waals surface area contributed by atoms with Gasteiger partial charge in [-0.2, -0.15) is 0 Å². The van der Waals surface area contributed by atoms with Crippen molar-refractivity contribution in [3.05, 3.63) is 74.6 Å². The van der Waals surface area contributed by atoms with Crippen molar-refractivity contribution in [1.29, 1.82) is 0 Å². The molecule has 2 aromatic heterocycles. The summed E-state index contributed by atoms with van der Waals surface area (Å²) in [4.78, 5) is 30.3. The summed E-state index contributed by atoms with van der Waals surface area (Å²) in [5.41, 5.74) is 5.65. The zero-order valence-corrected chi connectivity index (χ0v) is 20.1. The van der Waals surface area contributed by atoms with Crippen LogP contribution in [0.15, 0.2) is 46.8 Å². The molecule has 0 radical (unpaired) electrons. The summed E-state index contributed by atoms with van der Waals surface area (Å²) in [6.45, 7) is 1.77. The number of hydrogen-bond acceptors (Lipinski definition) is 8. The first-order valence-corrected chi connectivity index (χ1v) is 12.5. The van der Waals surface area contributed by atoms with E-state index in [0.29, 0.717) is 47.1 Å². The SMILES string of the molecule is O=C1OCc2c(cc3n(c2=O)Cc2c-3nc3cc4c(cc3c2CNCCC2=CCCC=C2)OCO4)C1O. The number of benzene rings is 1. The highest BCUT2D eigenvalue weighted by atomic mass is 16.7. The molecule has 0 spiro atoms. The van der Waals surface area contributed by atoms with Crippen LogP contribution in [0.5, 0.6) is 11.5 Å². The third-order valence-corrected chi connectivity index (χ3v) is 7.53. The van der Waals surface area contributed by atoms with Crippen molar-refractivity contribution in [3.8, 4) is 22.9 Å². The predicted octanol–water partition coefficient (Wildman–Crippen LogP) is 3.00. The number of pyridine rings is 2. The molecular formula is C28H25N3O6. The third kappa shape index (κ3) is 3.57. The van der Waals surface area contributed by atoms with Crippen molar-refractivity contribution in [2.45, 2.75) is 45.1 Å². The van der Waals surface area contributed by atoms with E-state index in [1.807, 2.05) is 12.1 Å². The van der Waals surface area contributed by atoms with Crippen LogP contribution in [0, 0.1) is 0 Å². The van der Waals surface area contributed by atoms with Crippen LogP contribution in [-0.2, 0) is 29.2 Å². The van der Waals surface area contributed by atoms with Gasteiger partial charge in [0.15, 0.2) is 17.6 Å². The minimum atomic E-state index is -1.48. The Balaban J connectivity index is 1.32. The van der Waals surface area contributed by atoms with E-state index in [1.54, 1.807) is 10.6 Å². The van der Waals surface area contributed by atoms with Gasteiger partial charge in [-0.15, -0.1) is 0 Å². The molecule has 188 valence electrons. The average molecular weight is 500 g/mol. The fourth-order valence-electron chi connectivity index (χ4n) is 5.60. The van der Waals surface area contributed by atoms with Gasteiger partial charge in [0.05, 0.1) is 29.0 Å². The van der Waals surface area contributed by atoms with Crippen molar-refractivity contribution in [2.24, 2.45) is 0 Å². The van der Waals surface area contributed by atoms with Gasteiger partial charge in [0, 0.05) is 29.1 Å². The predicted molar refractivity (Wildman–Crippen MR) is 134 cm³/mol. The van der Waals surface area contributed by atoms with Crippen molar-refractivity contribution >= 4 is 16.9 Å². The third-order valence-electron chi connectivity index (χ3n) is 7.53. The van der Waals surface area contributed by atoms with Gasteiger partial charge in [-0.1, -0.05) is 23.8 Å². The van der Waals surface area contributed by atoms with Crippen molar-refractivity contribution in [2.75, 3.05) is 13.3 Å². The van der Waals surface area contributed by atoms with E-state index in [9.17, 15) is 14.7 Å². The molecule has 1 atom stereocenters. The number of allylic oxidation sites excluding steroid dienone is 3. The molecule has 1 unspecified atom stereocenters. The number of carbonyl (C=O) groups is 1. The van der Waals surface area contributed by atoms with Gasteiger partial charge in [-0.3, -0.25) is 4.79 Å². The Labute approximate surface area is 212 Å². The summed E-state index contributed by atoms with van der Waals surface area (Å²) >= 11 is 0. The maximum absolute atomic E-state index is 13.4. The van der Waals surface area contributed by atoms with Crippen molar-refractivity contribution in [1.82, 2.24) is 14.9 Å². The fourth-order valence-corrected chi connectivity index (χ4v) is 5.60. The molecule has 1 aliphatic carbocycles. The Morgan fingerprint density at radius 2 is 1.95 bits per heavy atom. The molecule has 3 aliphatic heterocycles. The van der Waals surface area contributed by atoms with Crippen LogP contribution in [0.1, 0.15) is 47.6 Å². The number of rotatable bonds is 5. The smallest absolute Gasteiger partial charge is 0.340 e. The zero-order chi connectivity index (χ0) is 25.1. The minimum absolute atomic E-state index is 0.143. The Morgan fingerprint density at radius 1 is 1.08 bits per heavy atom. The first kappa shape index (κ1) is 22.3. The molecule has 9 heteroatoms. The standard InChI is InChI=1S/C28H25N3O6/c32-26-17-8-22-25-19(12-31(22)27(33)20(17)13-35-28(26)34)18(11-29-7-6-15-4-2-1-3-5-15)16-9-23-24(37-14-36-23)10-21(16)30-25/h2,4-5,8-10,26,29,32H,1,3,6-7,11-14H2. The van der Waals surface area contributed by atoms with Gasteiger partial charge in [0.25, 0.3) is 5.56 Å². The van der Waals surface area contributed by atoms with E-state index in [2.05, 4.69) is 23.5 Å². The molecule has 0 saturated carbocycles. The van der Waals surface area contributed by atoms with E-state index >= 15 is 0 Å². The lowest BCUT2D eigenvalue weighted by atomic mass is 9.98. The highest BCUT2D eigenvalue weighted by Crippen LogP contribution is 2.42. The minimum Gasteiger partial charge on any atom is -0.458 e. The van der Waals surface area contributed by atoms with Crippen LogP contribution < -0.4 is 20.3 Å². The molecule has 37 heavy (non-hydrogen) atoms. The molecule has 2 N–H and O–H groups in total. The number of aliphatic hydroxyl groups is 1. The zero-order valence-electron chi connectivity index (χ0n) is 20.1. The molecule has 9 nitrogen and oxygen atoms in total. The van der Waals surface area contributed by atoms with E-state index in [1.165, 1.54) is 5.57 Å². The normalized spacial score (nSPS) is 18.9. The number of nitrogens with zero attached hydrogens (tertiary/aromatic N) is 2. The lowest BCUT2D eigenvalue weighted by Crippen LogP contribution is -2.32. The van der Waals surface area contributed by atoms with E-state index < -0.39 is 12.1 Å². The second-order valence-electron chi connectivity index (χ2n) is 9.69. The highest BCUT2D eigenvalue weighted by molar-refractivity contribution is 5.91. The quantitative estimate of drug-likeness (QED) is 0.318. The maximum atomic E-state index is 13.4. The number of fused-ring (bicyclic) bond motifs is 6. The first-order valence-electron chi connectivity index (χ1n) is 12.5. The second kappa shape index (κ2) is 8.57. The van der Waals surface area contributed by atoms with Gasteiger partial charge in [-0.25, -0.2) is 9.78 Å². The monoisotopic (exact) mass is 499 g/mol. The van der Waals surface area contributed by atoms with Gasteiger partial charge in [-0.05, 0) is 43.5 Å². The summed E-state index contributed by atoms with van der Waals surface area (Å²) in [5.74, 6) is 0.561. The molecule has 0 saturated heterocycles. The largest absolute Gasteiger partial charge is 0.458 e. The first-order chi connectivity index (χ1) is 18.1. The molecule has 5 heterocycles. The molecule has 1 aromatic carbocycles. The Morgan fingerprint density at radius 3 is 2.78 bits per heavy atom. The van der Waals surface area contributed by atoms with Gasteiger partial charge in [0.1, 0.15) is 6.61 Å². The number of aromatic nitrogens is 2. The van der Waals surface area contributed by atoms with Crippen LogP contribution in [0.4, 0.5) is 0 Å². The number of esters is 1. The van der Waals surface area contributed by atoms with E-state index in [-0.39, 0.29) is 19.0 Å². The number of ether oxygens (including phenoxy) is 3. The summed E-state index contributed by atoms with van der Waals surface area (Å²) in [7, 11) is 0. The molecule has 7 rings (SSSR count). The second-order valence-corrected chi connectivity index (χ2v) is 9.69. The van der Waals surface area contributed by atoms with Gasteiger partial charge < -0.3 is 29.2 Å². The number of nitrogens with one attached hydrogen (secondary N) is 1. The number of aliphatic hydroxyl groups excluding tert-OH is 1. The highest BCUT2D eigenvalue weighted by Gasteiger charge is 2.35. The number of cyclic esters (lactones) is 1. The van der Waals surface area contributed by atoms with Crippen molar-refractivity contribution < 1.29 is 24.1 Å².